The van der Waals surface area contributed by atoms with Gasteiger partial charge in [0, 0.05) is 11.1 Å². The molecule has 0 aliphatic carbocycles. The van der Waals surface area contributed by atoms with E-state index < -0.39 is 0 Å². The molecule has 0 saturated heterocycles. The maximum Gasteiger partial charge on any atom is 0.257 e. The minimum atomic E-state index is -0.0850. The second kappa shape index (κ2) is 7.51. The molecule has 0 radical (unpaired) electrons. The Labute approximate surface area is 161 Å². The highest BCUT2D eigenvalue weighted by molar-refractivity contribution is 6.09. The van der Waals surface area contributed by atoms with Gasteiger partial charge in [-0.15, -0.1) is 0 Å². The number of pyridine rings is 1. The standard InChI is InChI=1S/C24H28N2O/c1-14(2)18-11-9-12-19(15(3)4)23(18)26-24(27)22-16(5)20-10-7-8-13-21(20)25-17(22)6/h7-15H,1-6H3,(H,26,27). The van der Waals surface area contributed by atoms with E-state index in [1.165, 1.54) is 11.1 Å². The monoisotopic (exact) mass is 360 g/mol. The SMILES string of the molecule is Cc1nc2ccccc2c(C)c1C(=O)Nc1c(C(C)C)cccc1C(C)C. The molecule has 0 saturated carbocycles. The minimum Gasteiger partial charge on any atom is -0.321 e. The highest BCUT2D eigenvalue weighted by Crippen LogP contribution is 2.33. The number of nitrogens with zero attached hydrogens (tertiary/aromatic N) is 1. The maximum atomic E-state index is 13.3. The molecular weight excluding hydrogens is 332 g/mol. The van der Waals surface area contributed by atoms with Gasteiger partial charge in [-0.1, -0.05) is 64.1 Å². The second-order valence-corrected chi connectivity index (χ2v) is 7.79. The van der Waals surface area contributed by atoms with Gasteiger partial charge in [-0.05, 0) is 48.4 Å². The van der Waals surface area contributed by atoms with Crippen molar-refractivity contribution in [2.45, 2.75) is 53.4 Å². The number of carbonyl (C=O) groups is 1. The van der Waals surface area contributed by atoms with E-state index in [0.29, 0.717) is 17.4 Å². The first-order valence-electron chi connectivity index (χ1n) is 9.61. The van der Waals surface area contributed by atoms with Crippen LogP contribution < -0.4 is 5.32 Å². The number of aromatic nitrogens is 1. The predicted octanol–water partition coefficient (Wildman–Crippen LogP) is 6.35. The van der Waals surface area contributed by atoms with Crippen LogP contribution in [0.2, 0.25) is 0 Å². The molecule has 2 aromatic carbocycles. The van der Waals surface area contributed by atoms with Crippen LogP contribution in [0.1, 0.15) is 72.3 Å². The zero-order chi connectivity index (χ0) is 19.7. The summed E-state index contributed by atoms with van der Waals surface area (Å²) in [4.78, 5) is 18.0. The van der Waals surface area contributed by atoms with Gasteiger partial charge in [0.25, 0.3) is 5.91 Å². The minimum absolute atomic E-state index is 0.0850. The molecule has 0 unspecified atom stereocenters. The number of rotatable bonds is 4. The van der Waals surface area contributed by atoms with Crippen LogP contribution in [-0.2, 0) is 0 Å². The predicted molar refractivity (Wildman–Crippen MR) is 114 cm³/mol. The fourth-order valence-corrected chi connectivity index (χ4v) is 3.74. The molecule has 0 spiro atoms. The lowest BCUT2D eigenvalue weighted by molar-refractivity contribution is 0.102. The quantitative estimate of drug-likeness (QED) is 0.589. The summed E-state index contributed by atoms with van der Waals surface area (Å²) in [5.74, 6) is 0.574. The van der Waals surface area contributed by atoms with Crippen molar-refractivity contribution in [3.05, 3.63) is 70.4 Å². The van der Waals surface area contributed by atoms with Gasteiger partial charge in [0.05, 0.1) is 16.8 Å². The maximum absolute atomic E-state index is 13.3. The topological polar surface area (TPSA) is 42.0 Å². The largest absolute Gasteiger partial charge is 0.321 e. The molecule has 27 heavy (non-hydrogen) atoms. The molecule has 1 amide bonds. The Morgan fingerprint density at radius 3 is 2.07 bits per heavy atom. The summed E-state index contributed by atoms with van der Waals surface area (Å²) < 4.78 is 0. The summed E-state index contributed by atoms with van der Waals surface area (Å²) in [5.41, 5.74) is 6.61. The van der Waals surface area contributed by atoms with Gasteiger partial charge in [0.1, 0.15) is 0 Å². The van der Waals surface area contributed by atoms with Crippen LogP contribution >= 0.6 is 0 Å². The van der Waals surface area contributed by atoms with E-state index in [1.807, 2.05) is 38.1 Å². The smallest absolute Gasteiger partial charge is 0.257 e. The van der Waals surface area contributed by atoms with Gasteiger partial charge < -0.3 is 5.32 Å². The van der Waals surface area contributed by atoms with Gasteiger partial charge in [0.2, 0.25) is 0 Å². The lowest BCUT2D eigenvalue weighted by Gasteiger charge is -2.21. The number of hydrogen-bond donors (Lipinski definition) is 1. The number of fused-ring (bicyclic) bond motifs is 1. The average Bonchev–Trinajstić information content (AvgIpc) is 2.61. The van der Waals surface area contributed by atoms with Crippen molar-refractivity contribution in [2.75, 3.05) is 5.32 Å². The van der Waals surface area contributed by atoms with Crippen LogP contribution in [0.5, 0.6) is 0 Å². The molecule has 0 bridgehead atoms. The van der Waals surface area contributed by atoms with Crippen molar-refractivity contribution in [2.24, 2.45) is 0 Å². The van der Waals surface area contributed by atoms with Crippen molar-refractivity contribution < 1.29 is 4.79 Å². The van der Waals surface area contributed by atoms with E-state index in [2.05, 4.69) is 56.2 Å². The molecule has 3 aromatic rings. The average molecular weight is 361 g/mol. The zero-order valence-corrected chi connectivity index (χ0v) is 17.1. The zero-order valence-electron chi connectivity index (χ0n) is 17.1. The summed E-state index contributed by atoms with van der Waals surface area (Å²) in [7, 11) is 0. The van der Waals surface area contributed by atoms with Crippen molar-refractivity contribution in [3.8, 4) is 0 Å². The number of nitrogens with one attached hydrogen (secondary N) is 1. The van der Waals surface area contributed by atoms with E-state index in [-0.39, 0.29) is 5.91 Å². The first-order valence-corrected chi connectivity index (χ1v) is 9.61. The molecule has 3 heteroatoms. The molecule has 1 N–H and O–H groups in total. The van der Waals surface area contributed by atoms with Gasteiger partial charge in [-0.3, -0.25) is 9.78 Å². The summed E-state index contributed by atoms with van der Waals surface area (Å²) in [6, 6.07) is 14.3. The second-order valence-electron chi connectivity index (χ2n) is 7.79. The van der Waals surface area contributed by atoms with Crippen molar-refractivity contribution in [1.82, 2.24) is 4.98 Å². The summed E-state index contributed by atoms with van der Waals surface area (Å²) in [6.45, 7) is 12.5. The van der Waals surface area contributed by atoms with Crippen molar-refractivity contribution in [1.29, 1.82) is 0 Å². The molecule has 3 nitrogen and oxygen atoms in total. The van der Waals surface area contributed by atoms with Crippen LogP contribution in [-0.4, -0.2) is 10.9 Å². The third kappa shape index (κ3) is 3.59. The molecule has 3 rings (SSSR count). The fourth-order valence-electron chi connectivity index (χ4n) is 3.74. The molecule has 0 aliphatic heterocycles. The van der Waals surface area contributed by atoms with Crippen LogP contribution in [0.3, 0.4) is 0 Å². The van der Waals surface area contributed by atoms with Crippen LogP contribution in [0.25, 0.3) is 10.9 Å². The molecule has 0 aliphatic rings. The van der Waals surface area contributed by atoms with E-state index in [9.17, 15) is 4.79 Å². The third-order valence-electron chi connectivity index (χ3n) is 5.17. The first kappa shape index (κ1) is 19.1. The Kier molecular flexibility index (Phi) is 5.31. The molecule has 0 fully saturated rings. The van der Waals surface area contributed by atoms with Crippen LogP contribution in [0, 0.1) is 13.8 Å². The Morgan fingerprint density at radius 2 is 1.48 bits per heavy atom. The number of amides is 1. The Balaban J connectivity index is 2.11. The highest BCUT2D eigenvalue weighted by atomic mass is 16.1. The molecule has 140 valence electrons. The van der Waals surface area contributed by atoms with Gasteiger partial charge >= 0.3 is 0 Å². The Bertz CT molecular complexity index is 976. The normalized spacial score (nSPS) is 11.4. The van der Waals surface area contributed by atoms with E-state index in [1.54, 1.807) is 0 Å². The Morgan fingerprint density at radius 1 is 0.889 bits per heavy atom. The lowest BCUT2D eigenvalue weighted by atomic mass is 9.92. The van der Waals surface area contributed by atoms with Crippen molar-refractivity contribution >= 4 is 22.5 Å². The van der Waals surface area contributed by atoms with Gasteiger partial charge in [-0.25, -0.2) is 0 Å². The van der Waals surface area contributed by atoms with Crippen LogP contribution in [0.4, 0.5) is 5.69 Å². The van der Waals surface area contributed by atoms with E-state index in [4.69, 9.17) is 0 Å². The summed E-state index contributed by atoms with van der Waals surface area (Å²) in [6.07, 6.45) is 0. The number of aryl methyl sites for hydroxylation is 2. The van der Waals surface area contributed by atoms with Gasteiger partial charge in [0.15, 0.2) is 0 Å². The highest BCUT2D eigenvalue weighted by Gasteiger charge is 2.20. The summed E-state index contributed by atoms with van der Waals surface area (Å²) >= 11 is 0. The van der Waals surface area contributed by atoms with Gasteiger partial charge in [-0.2, -0.15) is 0 Å². The fraction of sp³-hybridized carbons (Fsp3) is 0.333. The lowest BCUT2D eigenvalue weighted by Crippen LogP contribution is -2.19. The van der Waals surface area contributed by atoms with E-state index >= 15 is 0 Å². The molecular formula is C24H28N2O. The van der Waals surface area contributed by atoms with E-state index in [0.717, 1.165) is 27.8 Å². The molecule has 1 heterocycles. The number of carbonyl (C=O) groups excluding carboxylic acids is 1. The number of para-hydroxylation sites is 2. The number of benzene rings is 2. The van der Waals surface area contributed by atoms with Crippen molar-refractivity contribution in [3.63, 3.8) is 0 Å². The molecule has 0 atom stereocenters. The third-order valence-corrected chi connectivity index (χ3v) is 5.17. The summed E-state index contributed by atoms with van der Waals surface area (Å²) in [5, 5.41) is 4.25. The number of hydrogen-bond acceptors (Lipinski definition) is 2. The molecule has 1 aromatic heterocycles. The number of anilines is 1. The van der Waals surface area contributed by atoms with Crippen LogP contribution in [0.15, 0.2) is 42.5 Å². The Hall–Kier alpha value is -2.68. The first-order chi connectivity index (χ1) is 12.8.